The zero-order chi connectivity index (χ0) is 44.3. The smallest absolute Gasteiger partial charge is 0.197 e. The van der Waals surface area contributed by atoms with E-state index in [1.54, 1.807) is 72.0 Å². The van der Waals surface area contributed by atoms with Gasteiger partial charge in [-0.3, -0.25) is 24.1 Å². The van der Waals surface area contributed by atoms with Crippen molar-refractivity contribution in [1.29, 1.82) is 0 Å². The summed E-state index contributed by atoms with van der Waals surface area (Å²) in [6.45, 7) is 4.22. The van der Waals surface area contributed by atoms with Crippen LogP contribution in [0.4, 0.5) is 32.1 Å². The van der Waals surface area contributed by atoms with Crippen LogP contribution in [-0.4, -0.2) is 23.1 Å². The van der Waals surface area contributed by atoms with Crippen molar-refractivity contribution >= 4 is 112 Å². The van der Waals surface area contributed by atoms with Gasteiger partial charge in [0.25, 0.3) is 0 Å². The number of aryl methyl sites for hydroxylation is 2. The highest BCUT2D eigenvalue weighted by molar-refractivity contribution is 7.18. The Morgan fingerprint density at radius 1 is 0.431 bits per heavy atom. The van der Waals surface area contributed by atoms with Crippen LogP contribution < -0.4 is 9.80 Å². The average Bonchev–Trinajstić information content (AvgIpc) is 4.19. The predicted molar refractivity (Wildman–Crippen MR) is 268 cm³/mol. The highest BCUT2D eigenvalue weighted by Crippen LogP contribution is 2.47. The molecule has 0 radical (unpaired) electrons. The first kappa shape index (κ1) is 40.2. The third kappa shape index (κ3) is 7.10. The fourth-order valence-corrected chi connectivity index (χ4v) is 11.6. The van der Waals surface area contributed by atoms with Crippen molar-refractivity contribution in [1.82, 2.24) is 0 Å². The maximum absolute atomic E-state index is 13.3. The van der Waals surface area contributed by atoms with Gasteiger partial charge >= 0.3 is 0 Å². The van der Waals surface area contributed by atoms with Crippen LogP contribution in [-0.2, 0) is 0 Å². The predicted octanol–water partition coefficient (Wildman–Crippen LogP) is 15.2. The number of Topliss-reactive ketones (excluding diaryl/α,β-unsaturated/α-hetero) is 4. The Morgan fingerprint density at radius 2 is 0.954 bits per heavy atom. The van der Waals surface area contributed by atoms with Crippen LogP contribution in [0.3, 0.4) is 0 Å². The van der Waals surface area contributed by atoms with E-state index in [9.17, 15) is 19.2 Å². The summed E-state index contributed by atoms with van der Waals surface area (Å²) in [5, 5.41) is 7.33. The van der Waals surface area contributed by atoms with E-state index in [1.807, 2.05) is 36.4 Å². The van der Waals surface area contributed by atoms with Gasteiger partial charge in [-0.25, -0.2) is 0 Å². The van der Waals surface area contributed by atoms with Crippen LogP contribution >= 0.6 is 34.0 Å². The molecule has 0 unspecified atom stereocenters. The number of carbonyl (C=O) groups is 4. The molecular weight excluding hydrogens is 861 g/mol. The molecule has 9 aromatic rings. The van der Waals surface area contributed by atoms with E-state index in [0.29, 0.717) is 22.3 Å². The lowest BCUT2D eigenvalue weighted by atomic mass is 9.98. The molecule has 3 aromatic heterocycles. The van der Waals surface area contributed by atoms with E-state index in [2.05, 4.69) is 108 Å². The molecule has 65 heavy (non-hydrogen) atoms. The fourth-order valence-electron chi connectivity index (χ4n) is 8.64. The van der Waals surface area contributed by atoms with Crippen molar-refractivity contribution in [3.8, 4) is 11.1 Å². The SMILES string of the molecule is Cc1ccc(N(c2ccc(C=C3C(=O)c4ccccc4C3=O)s2)c2ccc(C)c3cc(-c4csc(N(c5ccccc5)c5ccc(C=C6C(=O)c7ccccc7C6=O)s5)c4)ccc23)cc1. The van der Waals surface area contributed by atoms with E-state index in [0.717, 1.165) is 74.8 Å². The molecule has 0 bridgehead atoms. The second-order valence-corrected chi connectivity index (χ2v) is 19.1. The van der Waals surface area contributed by atoms with Crippen molar-refractivity contribution in [2.45, 2.75) is 13.8 Å². The van der Waals surface area contributed by atoms with Gasteiger partial charge in [-0.05, 0) is 115 Å². The van der Waals surface area contributed by atoms with Crippen LogP contribution in [0.5, 0.6) is 0 Å². The Labute approximate surface area is 387 Å². The first-order valence-electron chi connectivity index (χ1n) is 21.0. The Morgan fingerprint density at radius 3 is 1.52 bits per heavy atom. The number of hydrogen-bond acceptors (Lipinski definition) is 9. The summed E-state index contributed by atoms with van der Waals surface area (Å²) in [5.74, 6) is -0.943. The van der Waals surface area contributed by atoms with Gasteiger partial charge < -0.3 is 4.90 Å². The second kappa shape index (κ2) is 16.2. The zero-order valence-corrected chi connectivity index (χ0v) is 37.5. The third-order valence-corrected chi connectivity index (χ3v) is 14.9. The van der Waals surface area contributed by atoms with Crippen molar-refractivity contribution in [3.63, 3.8) is 0 Å². The third-order valence-electron chi connectivity index (χ3n) is 11.9. The molecule has 2 aliphatic carbocycles. The van der Waals surface area contributed by atoms with E-state index < -0.39 is 0 Å². The number of carbonyl (C=O) groups excluding carboxylic acids is 4. The number of ketones is 4. The van der Waals surface area contributed by atoms with Crippen LogP contribution in [0.25, 0.3) is 34.1 Å². The standard InChI is InChI=1S/C56H36N2O4S3/c1-33-16-20-38(21-17-33)57(50-26-22-39(64-50)30-47-53(59)42-12-6-7-13-43(42)54(47)60)49-25-18-34(2)46-28-35(19-24-41(46)49)36-29-52(63-32-36)58(37-10-4-3-5-11-37)51-27-23-40(65-51)31-48-55(61)44-14-8-9-15-45(44)56(48)62/h3-32H,1-2H3. The molecule has 0 aliphatic heterocycles. The molecule has 0 saturated carbocycles. The van der Waals surface area contributed by atoms with Gasteiger partial charge in [-0.2, -0.15) is 0 Å². The minimum Gasteiger partial charge on any atom is -0.301 e. The van der Waals surface area contributed by atoms with Gasteiger partial charge in [-0.15, -0.1) is 34.0 Å². The molecule has 0 fully saturated rings. The van der Waals surface area contributed by atoms with E-state index in [1.165, 1.54) is 22.7 Å². The summed E-state index contributed by atoms with van der Waals surface area (Å²) in [5.41, 5.74) is 9.68. The first-order chi connectivity index (χ1) is 31.7. The van der Waals surface area contributed by atoms with Crippen LogP contribution in [0.15, 0.2) is 180 Å². The van der Waals surface area contributed by atoms with Crippen molar-refractivity contribution < 1.29 is 19.2 Å². The topological polar surface area (TPSA) is 74.8 Å². The Hall–Kier alpha value is -7.56. The Balaban J connectivity index is 0.940. The molecule has 0 saturated heterocycles. The summed E-state index contributed by atoms with van der Waals surface area (Å²) in [4.78, 5) is 59.1. The number of anilines is 6. The molecule has 0 spiro atoms. The van der Waals surface area contributed by atoms with Gasteiger partial charge in [0.2, 0.25) is 0 Å². The van der Waals surface area contributed by atoms with E-state index >= 15 is 0 Å². The lowest BCUT2D eigenvalue weighted by Gasteiger charge is -2.26. The molecule has 312 valence electrons. The average molecular weight is 897 g/mol. The Bertz CT molecular complexity index is 3420. The molecule has 9 heteroatoms. The number of nitrogens with zero attached hydrogens (tertiary/aromatic N) is 2. The van der Waals surface area contributed by atoms with Gasteiger partial charge in [0.15, 0.2) is 23.1 Å². The second-order valence-electron chi connectivity index (χ2n) is 16.1. The van der Waals surface area contributed by atoms with Crippen molar-refractivity contribution in [3.05, 3.63) is 223 Å². The normalized spacial score (nSPS) is 13.1. The molecule has 11 rings (SSSR count). The first-order valence-corrected chi connectivity index (χ1v) is 23.6. The van der Waals surface area contributed by atoms with Crippen molar-refractivity contribution in [2.24, 2.45) is 0 Å². The summed E-state index contributed by atoms with van der Waals surface area (Å²) in [6, 6.07) is 53.9. The Kier molecular flexibility index (Phi) is 10.0. The van der Waals surface area contributed by atoms with E-state index in [4.69, 9.17) is 0 Å². The van der Waals surface area contributed by atoms with Crippen LogP contribution in [0, 0.1) is 13.8 Å². The van der Waals surface area contributed by atoms with E-state index in [-0.39, 0.29) is 34.3 Å². The maximum atomic E-state index is 13.3. The minimum absolute atomic E-state index is 0.192. The summed E-state index contributed by atoms with van der Waals surface area (Å²) in [7, 11) is 0. The summed E-state index contributed by atoms with van der Waals surface area (Å²) in [6.07, 6.45) is 3.46. The highest BCUT2D eigenvalue weighted by atomic mass is 32.1. The molecule has 0 amide bonds. The van der Waals surface area contributed by atoms with Crippen LogP contribution in [0.2, 0.25) is 0 Å². The van der Waals surface area contributed by atoms with Gasteiger partial charge in [0.05, 0.1) is 16.8 Å². The van der Waals surface area contributed by atoms with Crippen molar-refractivity contribution in [2.75, 3.05) is 9.80 Å². The molecule has 3 heterocycles. The molecule has 0 atom stereocenters. The van der Waals surface area contributed by atoms with Gasteiger partial charge in [0.1, 0.15) is 15.0 Å². The highest BCUT2D eigenvalue weighted by Gasteiger charge is 2.34. The lowest BCUT2D eigenvalue weighted by molar-refractivity contribution is 0.0975. The fraction of sp³-hybridized carbons (Fsp3) is 0.0357. The number of allylic oxidation sites excluding steroid dienone is 2. The van der Waals surface area contributed by atoms with Crippen LogP contribution in [0.1, 0.15) is 62.3 Å². The number of benzene rings is 6. The quantitative estimate of drug-likeness (QED) is 0.106. The number of thiophene rings is 3. The maximum Gasteiger partial charge on any atom is 0.197 e. The number of fused-ring (bicyclic) bond motifs is 3. The molecule has 0 N–H and O–H groups in total. The summed E-state index contributed by atoms with van der Waals surface area (Å²) >= 11 is 4.72. The zero-order valence-electron chi connectivity index (χ0n) is 35.1. The summed E-state index contributed by atoms with van der Waals surface area (Å²) < 4.78 is 0. The molecule has 6 aromatic carbocycles. The molecule has 2 aliphatic rings. The van der Waals surface area contributed by atoms with Gasteiger partial charge in [-0.1, -0.05) is 103 Å². The van der Waals surface area contributed by atoms with Gasteiger partial charge in [0, 0.05) is 54.1 Å². The monoisotopic (exact) mass is 896 g/mol. The lowest BCUT2D eigenvalue weighted by Crippen LogP contribution is -2.09. The molecule has 6 nitrogen and oxygen atoms in total. The largest absolute Gasteiger partial charge is 0.301 e. The number of rotatable bonds is 9. The molecular formula is C56H36N2O4S3. The minimum atomic E-state index is -0.237. The number of para-hydroxylation sites is 1. The number of hydrogen-bond donors (Lipinski definition) is 0.